The van der Waals surface area contributed by atoms with E-state index in [9.17, 15) is 4.79 Å². The minimum Gasteiger partial charge on any atom is -0.491 e. The molecule has 1 amide bonds. The summed E-state index contributed by atoms with van der Waals surface area (Å²) in [5, 5.41) is 7.57. The summed E-state index contributed by atoms with van der Waals surface area (Å²) < 4.78 is 7.36. The lowest BCUT2D eigenvalue weighted by Gasteiger charge is -2.16. The molecule has 3 aromatic rings. The van der Waals surface area contributed by atoms with Gasteiger partial charge in [0.15, 0.2) is 0 Å². The number of ether oxygens (including phenoxy) is 1. The molecule has 0 spiro atoms. The van der Waals surface area contributed by atoms with Crippen molar-refractivity contribution in [2.75, 3.05) is 11.1 Å². The number of rotatable bonds is 4. The van der Waals surface area contributed by atoms with Crippen LogP contribution in [0.25, 0.3) is 5.95 Å². The van der Waals surface area contributed by atoms with Gasteiger partial charge >= 0.3 is 0 Å². The van der Waals surface area contributed by atoms with E-state index in [1.807, 2.05) is 45.0 Å². The Kier molecular flexibility index (Phi) is 5.04. The molecule has 0 aliphatic carbocycles. The Balaban J connectivity index is 1.77. The van der Waals surface area contributed by atoms with Crippen LogP contribution >= 0.6 is 11.8 Å². The van der Waals surface area contributed by atoms with Gasteiger partial charge in [-0.25, -0.2) is 9.97 Å². The number of hydrogen-bond acceptors (Lipinski definition) is 6. The number of amides is 1. The van der Waals surface area contributed by atoms with Gasteiger partial charge in [-0.2, -0.15) is 9.78 Å². The van der Waals surface area contributed by atoms with Crippen molar-refractivity contribution in [2.24, 2.45) is 0 Å². The molecule has 1 aliphatic heterocycles. The molecule has 8 heteroatoms. The largest absolute Gasteiger partial charge is 0.491 e. The van der Waals surface area contributed by atoms with E-state index in [1.165, 1.54) is 0 Å². The first-order valence-corrected chi connectivity index (χ1v) is 10.1. The van der Waals surface area contributed by atoms with Crippen LogP contribution < -0.4 is 10.1 Å². The van der Waals surface area contributed by atoms with Crippen molar-refractivity contribution in [3.05, 3.63) is 59.5 Å². The summed E-state index contributed by atoms with van der Waals surface area (Å²) in [5.41, 5.74) is 2.90. The Morgan fingerprint density at radius 3 is 2.61 bits per heavy atom. The van der Waals surface area contributed by atoms with Crippen molar-refractivity contribution >= 4 is 23.5 Å². The standard InChI is InChI=1S/C20H21N5O2S/c1-12(2)27-15-7-5-14(6-8-15)18-17-13(3)24-25(20-21-9-4-10-22-20)19(17)23-16(26)11-28-18/h4-10,12,18H,11H2,1-3H3,(H,23,26)/t18-/m0/s1. The number of thioether (sulfide) groups is 1. The fraction of sp³-hybridized carbons (Fsp3) is 0.300. The second kappa shape index (κ2) is 7.63. The highest BCUT2D eigenvalue weighted by atomic mass is 32.2. The number of carbonyl (C=O) groups excluding carboxylic acids is 1. The average molecular weight is 395 g/mol. The van der Waals surface area contributed by atoms with Gasteiger partial charge in [-0.1, -0.05) is 12.1 Å². The second-order valence-corrected chi connectivity index (χ2v) is 7.88. The van der Waals surface area contributed by atoms with Crippen LogP contribution in [-0.2, 0) is 4.79 Å². The van der Waals surface area contributed by atoms with E-state index in [0.29, 0.717) is 17.5 Å². The zero-order valence-corrected chi connectivity index (χ0v) is 16.7. The molecular formula is C20H21N5O2S. The van der Waals surface area contributed by atoms with Crippen LogP contribution in [0, 0.1) is 6.92 Å². The number of nitrogens with zero attached hydrogens (tertiary/aromatic N) is 4. The third-order valence-electron chi connectivity index (χ3n) is 4.30. The second-order valence-electron chi connectivity index (χ2n) is 6.78. The molecule has 3 heterocycles. The monoisotopic (exact) mass is 395 g/mol. The van der Waals surface area contributed by atoms with Crippen molar-refractivity contribution in [1.82, 2.24) is 19.7 Å². The zero-order chi connectivity index (χ0) is 19.7. The summed E-state index contributed by atoms with van der Waals surface area (Å²) in [5.74, 6) is 2.19. The highest BCUT2D eigenvalue weighted by Crippen LogP contribution is 2.43. The summed E-state index contributed by atoms with van der Waals surface area (Å²) in [6.45, 7) is 5.95. The fourth-order valence-electron chi connectivity index (χ4n) is 3.19. The van der Waals surface area contributed by atoms with Gasteiger partial charge in [-0.3, -0.25) is 4.79 Å². The minimum atomic E-state index is -0.0643. The van der Waals surface area contributed by atoms with Gasteiger partial charge < -0.3 is 10.1 Å². The lowest BCUT2D eigenvalue weighted by atomic mass is 10.0. The number of benzene rings is 1. The molecule has 0 unspecified atom stereocenters. The number of anilines is 1. The molecule has 1 atom stereocenters. The van der Waals surface area contributed by atoms with Crippen molar-refractivity contribution < 1.29 is 9.53 Å². The number of carbonyl (C=O) groups is 1. The van der Waals surface area contributed by atoms with Gasteiger partial charge in [0.2, 0.25) is 5.91 Å². The molecule has 2 aromatic heterocycles. The Morgan fingerprint density at radius 1 is 1.21 bits per heavy atom. The minimum absolute atomic E-state index is 0.0282. The Morgan fingerprint density at radius 2 is 1.93 bits per heavy atom. The Hall–Kier alpha value is -2.87. The highest BCUT2D eigenvalue weighted by Gasteiger charge is 2.31. The molecule has 7 nitrogen and oxygen atoms in total. The van der Waals surface area contributed by atoms with Crippen LogP contribution in [0.3, 0.4) is 0 Å². The lowest BCUT2D eigenvalue weighted by molar-refractivity contribution is -0.113. The summed E-state index contributed by atoms with van der Waals surface area (Å²) >= 11 is 1.58. The van der Waals surface area contributed by atoms with Gasteiger partial charge in [0, 0.05) is 18.0 Å². The van der Waals surface area contributed by atoms with Crippen LogP contribution in [0.2, 0.25) is 0 Å². The SMILES string of the molecule is Cc1nn(-c2ncccn2)c2c1[C@H](c1ccc(OC(C)C)cc1)SCC(=O)N2. The third-order valence-corrected chi connectivity index (χ3v) is 5.57. The van der Waals surface area contributed by atoms with Crippen LogP contribution in [0.5, 0.6) is 5.75 Å². The molecule has 28 heavy (non-hydrogen) atoms. The summed E-state index contributed by atoms with van der Waals surface area (Å²) in [6.07, 6.45) is 3.44. The van der Waals surface area contributed by atoms with Crippen LogP contribution in [0.4, 0.5) is 5.82 Å². The Labute approximate surface area is 167 Å². The first-order chi connectivity index (χ1) is 13.5. The lowest BCUT2D eigenvalue weighted by Crippen LogP contribution is -2.16. The molecular weight excluding hydrogens is 374 g/mol. The smallest absolute Gasteiger partial charge is 0.252 e. The average Bonchev–Trinajstić information content (AvgIpc) is 2.89. The predicted molar refractivity (Wildman–Crippen MR) is 109 cm³/mol. The number of aryl methyl sites for hydroxylation is 1. The van der Waals surface area contributed by atoms with Gasteiger partial charge in [0.1, 0.15) is 11.6 Å². The van der Waals surface area contributed by atoms with E-state index >= 15 is 0 Å². The molecule has 0 fully saturated rings. The summed E-state index contributed by atoms with van der Waals surface area (Å²) in [4.78, 5) is 20.9. The van der Waals surface area contributed by atoms with Crippen molar-refractivity contribution in [3.63, 3.8) is 0 Å². The summed E-state index contributed by atoms with van der Waals surface area (Å²) in [7, 11) is 0. The van der Waals surface area contributed by atoms with Gasteiger partial charge in [-0.15, -0.1) is 11.8 Å². The number of hydrogen-bond donors (Lipinski definition) is 1. The quantitative estimate of drug-likeness (QED) is 0.728. The van der Waals surface area contributed by atoms with E-state index < -0.39 is 0 Å². The molecule has 1 N–H and O–H groups in total. The van der Waals surface area contributed by atoms with Crippen LogP contribution in [0.1, 0.15) is 35.9 Å². The maximum absolute atomic E-state index is 12.4. The van der Waals surface area contributed by atoms with Gasteiger partial charge in [0.05, 0.1) is 22.8 Å². The fourth-order valence-corrected chi connectivity index (χ4v) is 4.37. The predicted octanol–water partition coefficient (Wildman–Crippen LogP) is 3.53. The van der Waals surface area contributed by atoms with Crippen molar-refractivity contribution in [1.29, 1.82) is 0 Å². The maximum Gasteiger partial charge on any atom is 0.252 e. The van der Waals surface area contributed by atoms with Crippen LogP contribution in [0.15, 0.2) is 42.7 Å². The maximum atomic E-state index is 12.4. The van der Waals surface area contributed by atoms with Crippen molar-refractivity contribution in [3.8, 4) is 11.7 Å². The van der Waals surface area contributed by atoms with Gasteiger partial charge in [0.25, 0.3) is 5.95 Å². The highest BCUT2D eigenvalue weighted by molar-refractivity contribution is 8.00. The molecule has 144 valence electrons. The number of nitrogens with one attached hydrogen (secondary N) is 1. The van der Waals surface area contributed by atoms with Crippen LogP contribution in [-0.4, -0.2) is 37.5 Å². The topological polar surface area (TPSA) is 81.9 Å². The molecule has 0 saturated carbocycles. The number of fused-ring (bicyclic) bond motifs is 1. The molecule has 0 saturated heterocycles. The number of aromatic nitrogens is 4. The first-order valence-electron chi connectivity index (χ1n) is 9.08. The van der Waals surface area contributed by atoms with Gasteiger partial charge in [-0.05, 0) is 44.5 Å². The van der Waals surface area contributed by atoms with E-state index in [2.05, 4.69) is 20.4 Å². The first kappa shape index (κ1) is 18.5. The van der Waals surface area contributed by atoms with E-state index in [0.717, 1.165) is 22.6 Å². The molecule has 1 aromatic carbocycles. The normalized spacial score (nSPS) is 16.4. The van der Waals surface area contributed by atoms with E-state index in [1.54, 1.807) is 34.9 Å². The Bertz CT molecular complexity index is 986. The van der Waals surface area contributed by atoms with E-state index in [-0.39, 0.29) is 17.3 Å². The molecule has 0 bridgehead atoms. The third kappa shape index (κ3) is 3.60. The van der Waals surface area contributed by atoms with E-state index in [4.69, 9.17) is 4.74 Å². The summed E-state index contributed by atoms with van der Waals surface area (Å²) in [6, 6.07) is 9.78. The zero-order valence-electron chi connectivity index (χ0n) is 15.9. The molecule has 0 radical (unpaired) electrons. The molecule has 4 rings (SSSR count). The van der Waals surface area contributed by atoms with Crippen molar-refractivity contribution in [2.45, 2.75) is 32.1 Å². The molecule has 1 aliphatic rings.